The topological polar surface area (TPSA) is 49.4 Å². The van der Waals surface area contributed by atoms with Crippen LogP contribution >= 0.6 is 0 Å². The Bertz CT molecular complexity index is 541. The third-order valence-corrected chi connectivity index (χ3v) is 5.95. The first-order valence-corrected chi connectivity index (χ1v) is 8.57. The molecule has 1 unspecified atom stereocenters. The van der Waals surface area contributed by atoms with Crippen LogP contribution in [0.4, 0.5) is 0 Å². The summed E-state index contributed by atoms with van der Waals surface area (Å²) >= 11 is 0. The molecule has 1 rings (SSSR count). The van der Waals surface area contributed by atoms with E-state index in [0.29, 0.717) is 11.4 Å². The Morgan fingerprint density at radius 3 is 2.50 bits per heavy atom. The number of nitrogens with one attached hydrogen (secondary N) is 1. The number of hydrogen-bond donors (Lipinski definition) is 1. The van der Waals surface area contributed by atoms with Crippen molar-refractivity contribution in [3.63, 3.8) is 0 Å². The highest BCUT2D eigenvalue weighted by atomic mass is 32.2. The Labute approximate surface area is 123 Å². The number of sulfonamides is 1. The van der Waals surface area contributed by atoms with E-state index in [4.69, 9.17) is 0 Å². The lowest BCUT2D eigenvalue weighted by Crippen LogP contribution is -2.35. The molecule has 0 saturated heterocycles. The van der Waals surface area contributed by atoms with Gasteiger partial charge in [-0.2, -0.15) is 4.31 Å². The number of nitrogens with zero attached hydrogens (tertiary/aromatic N) is 1. The minimum Gasteiger partial charge on any atom is -0.313 e. The van der Waals surface area contributed by atoms with Gasteiger partial charge in [-0.1, -0.05) is 26.0 Å². The van der Waals surface area contributed by atoms with Crippen molar-refractivity contribution in [2.24, 2.45) is 0 Å². The highest BCUT2D eigenvalue weighted by Crippen LogP contribution is 2.23. The van der Waals surface area contributed by atoms with Crippen LogP contribution in [0.15, 0.2) is 23.1 Å². The summed E-state index contributed by atoms with van der Waals surface area (Å²) in [6.07, 6.45) is 0.797. The van der Waals surface area contributed by atoms with Crippen molar-refractivity contribution < 1.29 is 8.42 Å². The molecule has 0 bridgehead atoms. The lowest BCUT2D eigenvalue weighted by atomic mass is 10.1. The molecule has 0 saturated carbocycles. The second-order valence-corrected chi connectivity index (χ2v) is 7.07. The maximum atomic E-state index is 12.7. The van der Waals surface area contributed by atoms with Gasteiger partial charge < -0.3 is 5.32 Å². The SMILES string of the molecule is CCNCc1cccc(S(=O)(=O)N(C)C(C)CC)c1C. The summed E-state index contributed by atoms with van der Waals surface area (Å²) in [5, 5.41) is 3.24. The zero-order valence-electron chi connectivity index (χ0n) is 13.1. The van der Waals surface area contributed by atoms with Crippen LogP contribution in [0.2, 0.25) is 0 Å². The number of benzene rings is 1. The van der Waals surface area contributed by atoms with Crippen LogP contribution in [0.5, 0.6) is 0 Å². The van der Waals surface area contributed by atoms with Gasteiger partial charge in [0.05, 0.1) is 4.90 Å². The maximum Gasteiger partial charge on any atom is 0.243 e. The van der Waals surface area contributed by atoms with E-state index in [1.807, 2.05) is 39.8 Å². The molecule has 0 aliphatic carbocycles. The van der Waals surface area contributed by atoms with E-state index in [2.05, 4.69) is 5.32 Å². The molecule has 1 aromatic carbocycles. The van der Waals surface area contributed by atoms with Crippen molar-refractivity contribution in [1.82, 2.24) is 9.62 Å². The summed E-state index contributed by atoms with van der Waals surface area (Å²) in [6.45, 7) is 9.39. The fourth-order valence-corrected chi connectivity index (χ4v) is 3.74. The second-order valence-electron chi connectivity index (χ2n) is 5.10. The molecule has 4 nitrogen and oxygen atoms in total. The third-order valence-electron chi connectivity index (χ3n) is 3.83. The standard InChI is InChI=1S/C15H26N2O2S/c1-6-12(3)17(5)20(18,19)15-10-8-9-14(13(15)4)11-16-7-2/h8-10,12,16H,6-7,11H2,1-5H3. The Hall–Kier alpha value is -0.910. The molecular formula is C15H26N2O2S. The van der Waals surface area contributed by atoms with Crippen molar-refractivity contribution in [1.29, 1.82) is 0 Å². The first kappa shape index (κ1) is 17.1. The van der Waals surface area contributed by atoms with Gasteiger partial charge in [0.2, 0.25) is 10.0 Å². The molecule has 5 heteroatoms. The Morgan fingerprint density at radius 2 is 1.95 bits per heavy atom. The molecule has 0 aliphatic heterocycles. The van der Waals surface area contributed by atoms with Gasteiger partial charge in [-0.05, 0) is 44.0 Å². The molecule has 20 heavy (non-hydrogen) atoms. The molecular weight excluding hydrogens is 272 g/mol. The molecule has 1 aromatic rings. The van der Waals surface area contributed by atoms with Crippen molar-refractivity contribution in [3.8, 4) is 0 Å². The normalized spacial score (nSPS) is 13.7. The molecule has 0 radical (unpaired) electrons. The first-order valence-electron chi connectivity index (χ1n) is 7.13. The Balaban J connectivity index is 3.19. The molecule has 1 N–H and O–H groups in total. The third kappa shape index (κ3) is 3.59. The van der Waals surface area contributed by atoms with Crippen molar-refractivity contribution in [2.45, 2.75) is 51.6 Å². The van der Waals surface area contributed by atoms with Crippen molar-refractivity contribution in [2.75, 3.05) is 13.6 Å². The summed E-state index contributed by atoms with van der Waals surface area (Å²) in [7, 11) is -1.77. The molecule has 0 fully saturated rings. The summed E-state index contributed by atoms with van der Waals surface area (Å²) in [5.41, 5.74) is 1.87. The molecule has 0 aliphatic rings. The monoisotopic (exact) mass is 298 g/mol. The van der Waals surface area contributed by atoms with Crippen molar-refractivity contribution in [3.05, 3.63) is 29.3 Å². The largest absolute Gasteiger partial charge is 0.313 e. The minimum absolute atomic E-state index is 0.00294. The van der Waals surface area contributed by atoms with Gasteiger partial charge in [0.15, 0.2) is 0 Å². The van der Waals surface area contributed by atoms with Gasteiger partial charge >= 0.3 is 0 Å². The van der Waals surface area contributed by atoms with Gasteiger partial charge in [0.1, 0.15) is 0 Å². The fourth-order valence-electron chi connectivity index (χ4n) is 2.04. The zero-order valence-corrected chi connectivity index (χ0v) is 13.9. The minimum atomic E-state index is -3.42. The van der Waals surface area contributed by atoms with Gasteiger partial charge in [0.25, 0.3) is 0 Å². The summed E-state index contributed by atoms with van der Waals surface area (Å²) in [5.74, 6) is 0. The molecule has 114 valence electrons. The molecule has 0 amide bonds. The van der Waals surface area contributed by atoms with E-state index in [-0.39, 0.29) is 6.04 Å². The van der Waals surface area contributed by atoms with E-state index < -0.39 is 10.0 Å². The second kappa shape index (κ2) is 7.20. The molecule has 0 aromatic heterocycles. The summed E-state index contributed by atoms with van der Waals surface area (Å²) in [6, 6.07) is 5.48. The van der Waals surface area contributed by atoms with Crippen LogP contribution in [0.1, 0.15) is 38.3 Å². The highest BCUT2D eigenvalue weighted by Gasteiger charge is 2.26. The average molecular weight is 298 g/mol. The number of rotatable bonds is 7. The van der Waals surface area contributed by atoms with E-state index >= 15 is 0 Å². The Kier molecular flexibility index (Phi) is 6.17. The van der Waals surface area contributed by atoms with Gasteiger partial charge in [-0.25, -0.2) is 8.42 Å². The molecule has 0 heterocycles. The van der Waals surface area contributed by atoms with E-state index in [1.54, 1.807) is 13.1 Å². The van der Waals surface area contributed by atoms with Crippen LogP contribution in [-0.2, 0) is 16.6 Å². The highest BCUT2D eigenvalue weighted by molar-refractivity contribution is 7.89. The summed E-state index contributed by atoms with van der Waals surface area (Å²) < 4.78 is 26.8. The van der Waals surface area contributed by atoms with Crippen LogP contribution in [0.25, 0.3) is 0 Å². The van der Waals surface area contributed by atoms with E-state index in [9.17, 15) is 8.42 Å². The van der Waals surface area contributed by atoms with Gasteiger partial charge in [0, 0.05) is 19.6 Å². The van der Waals surface area contributed by atoms with Crippen LogP contribution in [-0.4, -0.2) is 32.4 Å². The quantitative estimate of drug-likeness (QED) is 0.841. The zero-order chi connectivity index (χ0) is 15.3. The fraction of sp³-hybridized carbons (Fsp3) is 0.600. The average Bonchev–Trinajstić information content (AvgIpc) is 2.44. The first-order chi connectivity index (χ1) is 9.36. The van der Waals surface area contributed by atoms with Gasteiger partial charge in [-0.15, -0.1) is 0 Å². The van der Waals surface area contributed by atoms with E-state index in [0.717, 1.165) is 24.1 Å². The lowest BCUT2D eigenvalue weighted by Gasteiger charge is -2.24. The predicted octanol–water partition coefficient (Wildman–Crippen LogP) is 2.52. The molecule has 1 atom stereocenters. The van der Waals surface area contributed by atoms with E-state index in [1.165, 1.54) is 4.31 Å². The smallest absolute Gasteiger partial charge is 0.243 e. The van der Waals surface area contributed by atoms with Crippen LogP contribution < -0.4 is 5.32 Å². The van der Waals surface area contributed by atoms with Crippen LogP contribution in [0.3, 0.4) is 0 Å². The van der Waals surface area contributed by atoms with Gasteiger partial charge in [-0.3, -0.25) is 0 Å². The lowest BCUT2D eigenvalue weighted by molar-refractivity contribution is 0.380. The van der Waals surface area contributed by atoms with Crippen molar-refractivity contribution >= 4 is 10.0 Å². The van der Waals surface area contributed by atoms with Crippen LogP contribution in [0, 0.1) is 6.92 Å². The Morgan fingerprint density at radius 1 is 1.30 bits per heavy atom. The maximum absolute atomic E-state index is 12.7. The molecule has 0 spiro atoms. The number of hydrogen-bond acceptors (Lipinski definition) is 3. The predicted molar refractivity (Wildman–Crippen MR) is 83.3 cm³/mol. The summed E-state index contributed by atoms with van der Waals surface area (Å²) in [4.78, 5) is 0.413.